The summed E-state index contributed by atoms with van der Waals surface area (Å²) in [5, 5.41) is 8.12. The smallest absolute Gasteiger partial charge is 0.145 e. The number of furan rings is 2. The van der Waals surface area contributed by atoms with E-state index in [-0.39, 0.29) is 0 Å². The number of fused-ring (bicyclic) bond motifs is 6. The van der Waals surface area contributed by atoms with Crippen LogP contribution in [0.5, 0.6) is 0 Å². The van der Waals surface area contributed by atoms with E-state index in [1.165, 1.54) is 0 Å². The fraction of sp³-hybridized carbons (Fsp3) is 0. The monoisotopic (exact) mass is 501 g/mol. The molecule has 6 aromatic carbocycles. The summed E-state index contributed by atoms with van der Waals surface area (Å²) in [6.07, 6.45) is 0. The third-order valence-electron chi connectivity index (χ3n) is 7.49. The molecule has 0 amide bonds. The number of rotatable bonds is 4. The molecule has 2 aromatic heterocycles. The first-order valence-corrected chi connectivity index (χ1v) is 13.1. The van der Waals surface area contributed by atoms with Gasteiger partial charge in [0.25, 0.3) is 0 Å². The van der Waals surface area contributed by atoms with E-state index in [1.807, 2.05) is 30.3 Å². The summed E-state index contributed by atoms with van der Waals surface area (Å²) in [5.41, 5.74) is 10.1. The number of anilines is 2. The van der Waals surface area contributed by atoms with Crippen molar-refractivity contribution in [1.82, 2.24) is 0 Å². The number of nitrogens with one attached hydrogen (secondary N) is 1. The number of hydrogen-bond acceptors (Lipinski definition) is 3. The van der Waals surface area contributed by atoms with E-state index in [2.05, 4.69) is 108 Å². The van der Waals surface area contributed by atoms with Crippen molar-refractivity contribution in [3.8, 4) is 22.3 Å². The van der Waals surface area contributed by atoms with E-state index < -0.39 is 0 Å². The molecule has 2 heterocycles. The molecule has 1 N–H and O–H groups in total. The topological polar surface area (TPSA) is 38.3 Å². The number of benzene rings is 6. The van der Waals surface area contributed by atoms with Crippen LogP contribution in [-0.2, 0) is 0 Å². The summed E-state index contributed by atoms with van der Waals surface area (Å²) in [6.45, 7) is 0. The molecule has 184 valence electrons. The van der Waals surface area contributed by atoms with E-state index >= 15 is 0 Å². The van der Waals surface area contributed by atoms with Gasteiger partial charge >= 0.3 is 0 Å². The quantitative estimate of drug-likeness (QED) is 0.261. The summed E-state index contributed by atoms with van der Waals surface area (Å²) in [7, 11) is 0. The maximum Gasteiger partial charge on any atom is 0.145 e. The molecule has 0 radical (unpaired) electrons. The minimum Gasteiger partial charge on any atom is -0.455 e. The fourth-order valence-corrected chi connectivity index (χ4v) is 5.64. The van der Waals surface area contributed by atoms with Gasteiger partial charge in [0.15, 0.2) is 0 Å². The molecule has 3 nitrogen and oxygen atoms in total. The minimum absolute atomic E-state index is 0.883. The highest BCUT2D eigenvalue weighted by atomic mass is 16.3. The summed E-state index contributed by atoms with van der Waals surface area (Å²) in [4.78, 5) is 0. The van der Waals surface area contributed by atoms with Crippen LogP contribution in [0.2, 0.25) is 0 Å². The normalized spacial score (nSPS) is 11.6. The Morgan fingerprint density at radius 3 is 1.85 bits per heavy atom. The molecule has 0 saturated carbocycles. The van der Waals surface area contributed by atoms with Gasteiger partial charge in [-0.15, -0.1) is 0 Å². The molecule has 0 fully saturated rings. The molecule has 0 bridgehead atoms. The molecular weight excluding hydrogens is 478 g/mol. The lowest BCUT2D eigenvalue weighted by molar-refractivity contribution is 0.669. The summed E-state index contributed by atoms with van der Waals surface area (Å²) in [6, 6.07) is 46.0. The number of para-hydroxylation sites is 3. The zero-order valence-corrected chi connectivity index (χ0v) is 21.0. The van der Waals surface area contributed by atoms with Crippen LogP contribution in [0.1, 0.15) is 0 Å². The Morgan fingerprint density at radius 1 is 0.410 bits per heavy atom. The van der Waals surface area contributed by atoms with Crippen molar-refractivity contribution in [1.29, 1.82) is 0 Å². The average molecular weight is 502 g/mol. The van der Waals surface area contributed by atoms with E-state index in [1.54, 1.807) is 0 Å². The molecule has 0 spiro atoms. The molecular formula is C36H23NO2. The van der Waals surface area contributed by atoms with Gasteiger partial charge < -0.3 is 14.2 Å². The lowest BCUT2D eigenvalue weighted by Gasteiger charge is -2.11. The van der Waals surface area contributed by atoms with Gasteiger partial charge in [-0.05, 0) is 47.5 Å². The molecule has 3 heteroatoms. The first-order valence-electron chi connectivity index (χ1n) is 13.1. The van der Waals surface area contributed by atoms with Crippen LogP contribution in [0.15, 0.2) is 142 Å². The van der Waals surface area contributed by atoms with Gasteiger partial charge in [-0.2, -0.15) is 0 Å². The Labute approximate surface area is 224 Å². The van der Waals surface area contributed by atoms with E-state index in [9.17, 15) is 0 Å². The maximum atomic E-state index is 6.41. The Morgan fingerprint density at radius 2 is 1.03 bits per heavy atom. The van der Waals surface area contributed by atoms with Crippen molar-refractivity contribution >= 4 is 55.3 Å². The standard InChI is InChI=1S/C36H23NO2/c1-2-9-23(10-3-1)27-21-22-31(34-30-12-5-7-16-33(30)39-36(27)34)37-25-19-17-24(18-20-25)26-13-8-14-29-28-11-4-6-15-32(28)38-35(26)29/h1-22,37H. The molecule has 0 aliphatic rings. The molecule has 0 saturated heterocycles. The van der Waals surface area contributed by atoms with E-state index in [4.69, 9.17) is 8.83 Å². The third-order valence-corrected chi connectivity index (χ3v) is 7.49. The van der Waals surface area contributed by atoms with Gasteiger partial charge in [0.05, 0.1) is 11.1 Å². The first kappa shape index (κ1) is 21.8. The lowest BCUT2D eigenvalue weighted by atomic mass is 10.0. The second-order valence-electron chi connectivity index (χ2n) is 9.81. The Bertz CT molecular complexity index is 2130. The van der Waals surface area contributed by atoms with E-state index in [0.717, 1.165) is 77.5 Å². The predicted molar refractivity (Wildman–Crippen MR) is 162 cm³/mol. The van der Waals surface area contributed by atoms with Gasteiger partial charge in [0.2, 0.25) is 0 Å². The zero-order chi connectivity index (χ0) is 25.8. The van der Waals surface area contributed by atoms with Crippen LogP contribution in [0.4, 0.5) is 11.4 Å². The third kappa shape index (κ3) is 3.52. The molecule has 0 unspecified atom stereocenters. The minimum atomic E-state index is 0.883. The highest BCUT2D eigenvalue weighted by Gasteiger charge is 2.16. The van der Waals surface area contributed by atoms with Crippen molar-refractivity contribution in [2.75, 3.05) is 5.32 Å². The fourth-order valence-electron chi connectivity index (χ4n) is 5.64. The van der Waals surface area contributed by atoms with Gasteiger partial charge in [0, 0.05) is 33.0 Å². The van der Waals surface area contributed by atoms with Crippen LogP contribution >= 0.6 is 0 Å². The van der Waals surface area contributed by atoms with Gasteiger partial charge in [-0.3, -0.25) is 0 Å². The molecule has 8 rings (SSSR count). The Balaban J connectivity index is 1.21. The van der Waals surface area contributed by atoms with Crippen molar-refractivity contribution in [3.63, 3.8) is 0 Å². The van der Waals surface area contributed by atoms with Crippen molar-refractivity contribution in [3.05, 3.63) is 133 Å². The second-order valence-corrected chi connectivity index (χ2v) is 9.81. The SMILES string of the molecule is c1ccc(-c2ccc(Nc3ccc(-c4cccc5c4oc4ccccc45)cc3)c3c2oc2ccccc23)cc1. The summed E-state index contributed by atoms with van der Waals surface area (Å²) < 4.78 is 12.7. The maximum absolute atomic E-state index is 6.41. The summed E-state index contributed by atoms with van der Waals surface area (Å²) >= 11 is 0. The van der Waals surface area contributed by atoms with Crippen molar-refractivity contribution in [2.24, 2.45) is 0 Å². The van der Waals surface area contributed by atoms with Gasteiger partial charge in [-0.1, -0.05) is 97.1 Å². The van der Waals surface area contributed by atoms with E-state index in [0.29, 0.717) is 0 Å². The largest absolute Gasteiger partial charge is 0.455 e. The second kappa shape index (κ2) is 8.64. The first-order chi connectivity index (χ1) is 19.3. The Hall–Kier alpha value is -5.28. The van der Waals surface area contributed by atoms with Crippen LogP contribution < -0.4 is 5.32 Å². The van der Waals surface area contributed by atoms with Crippen molar-refractivity contribution < 1.29 is 8.83 Å². The number of hydrogen-bond donors (Lipinski definition) is 1. The average Bonchev–Trinajstić information content (AvgIpc) is 3.57. The molecule has 0 aliphatic carbocycles. The van der Waals surface area contributed by atoms with Crippen LogP contribution in [-0.4, -0.2) is 0 Å². The lowest BCUT2D eigenvalue weighted by Crippen LogP contribution is -1.92. The van der Waals surface area contributed by atoms with Gasteiger partial charge in [-0.25, -0.2) is 0 Å². The Kier molecular flexibility index (Phi) is 4.82. The van der Waals surface area contributed by atoms with Crippen LogP contribution in [0.25, 0.3) is 66.1 Å². The highest BCUT2D eigenvalue weighted by Crippen LogP contribution is 2.41. The van der Waals surface area contributed by atoms with Crippen LogP contribution in [0, 0.1) is 0 Å². The van der Waals surface area contributed by atoms with Crippen molar-refractivity contribution in [2.45, 2.75) is 0 Å². The van der Waals surface area contributed by atoms with Gasteiger partial charge in [0.1, 0.15) is 22.3 Å². The molecule has 0 atom stereocenters. The summed E-state index contributed by atoms with van der Waals surface area (Å²) in [5.74, 6) is 0. The molecule has 0 aliphatic heterocycles. The molecule has 8 aromatic rings. The molecule has 39 heavy (non-hydrogen) atoms. The highest BCUT2D eigenvalue weighted by molar-refractivity contribution is 6.16. The zero-order valence-electron chi connectivity index (χ0n) is 21.0. The van der Waals surface area contributed by atoms with Crippen LogP contribution in [0.3, 0.4) is 0 Å². The predicted octanol–water partition coefficient (Wildman–Crippen LogP) is 10.6.